The molecule has 1 aliphatic rings. The molecular weight excluding hydrogens is 256 g/mol. The summed E-state index contributed by atoms with van der Waals surface area (Å²) in [5.41, 5.74) is 0.829. The van der Waals surface area contributed by atoms with Crippen LogP contribution in [0.25, 0.3) is 0 Å². The number of benzene rings is 1. The van der Waals surface area contributed by atoms with Gasteiger partial charge in [-0.1, -0.05) is 0 Å². The highest BCUT2D eigenvalue weighted by atomic mass is 16.6. The largest absolute Gasteiger partial charge is 0.367 e. The first kappa shape index (κ1) is 14.3. The van der Waals surface area contributed by atoms with Gasteiger partial charge in [-0.25, -0.2) is 0 Å². The quantitative estimate of drug-likeness (QED) is 0.671. The van der Waals surface area contributed by atoms with Gasteiger partial charge in [0.15, 0.2) is 0 Å². The molecular formula is C14H18N4O2. The van der Waals surface area contributed by atoms with Crippen LogP contribution in [0.1, 0.15) is 24.8 Å². The minimum Gasteiger partial charge on any atom is -0.367 e. The second-order valence-corrected chi connectivity index (χ2v) is 4.97. The molecule has 1 atom stereocenters. The van der Waals surface area contributed by atoms with E-state index < -0.39 is 4.92 Å². The summed E-state index contributed by atoms with van der Waals surface area (Å²) in [4.78, 5) is 12.8. The highest BCUT2D eigenvalue weighted by Gasteiger charge is 2.24. The van der Waals surface area contributed by atoms with Gasteiger partial charge in [0.25, 0.3) is 5.69 Å². The number of nitro benzene ring substituents is 1. The lowest BCUT2D eigenvalue weighted by molar-refractivity contribution is -0.385. The number of rotatable bonds is 4. The van der Waals surface area contributed by atoms with Gasteiger partial charge in [-0.2, -0.15) is 5.26 Å². The van der Waals surface area contributed by atoms with Crippen molar-refractivity contribution in [3.05, 3.63) is 33.9 Å². The molecule has 1 aromatic carbocycles. The number of hydrogen-bond donors (Lipinski definition) is 1. The summed E-state index contributed by atoms with van der Waals surface area (Å²) in [6, 6.07) is 7.08. The maximum Gasteiger partial charge on any atom is 0.289 e. The van der Waals surface area contributed by atoms with Crippen molar-refractivity contribution in [3.63, 3.8) is 0 Å². The van der Waals surface area contributed by atoms with E-state index in [9.17, 15) is 10.1 Å². The molecule has 6 heteroatoms. The molecule has 0 aliphatic carbocycles. The highest BCUT2D eigenvalue weighted by molar-refractivity contribution is 5.61. The van der Waals surface area contributed by atoms with Gasteiger partial charge in [-0.05, 0) is 38.4 Å². The van der Waals surface area contributed by atoms with Crippen molar-refractivity contribution in [1.82, 2.24) is 5.32 Å². The zero-order chi connectivity index (χ0) is 14.5. The zero-order valence-electron chi connectivity index (χ0n) is 11.5. The van der Waals surface area contributed by atoms with Crippen molar-refractivity contribution < 1.29 is 4.92 Å². The minimum atomic E-state index is -0.487. The molecule has 0 aromatic heterocycles. The summed E-state index contributed by atoms with van der Waals surface area (Å²) in [6.45, 7) is 1.75. The van der Waals surface area contributed by atoms with Gasteiger partial charge in [0.1, 0.15) is 11.6 Å². The van der Waals surface area contributed by atoms with Crippen molar-refractivity contribution in [3.8, 4) is 6.07 Å². The maximum atomic E-state index is 11.0. The van der Waals surface area contributed by atoms with Crippen LogP contribution in [0.5, 0.6) is 0 Å². The van der Waals surface area contributed by atoms with Crippen LogP contribution in [0, 0.1) is 21.4 Å². The predicted molar refractivity (Wildman–Crippen MR) is 76.7 cm³/mol. The Hall–Kier alpha value is -2.13. The third-order valence-corrected chi connectivity index (χ3v) is 3.70. The molecule has 6 nitrogen and oxygen atoms in total. The first-order valence-corrected chi connectivity index (χ1v) is 6.77. The first-order valence-electron chi connectivity index (χ1n) is 6.77. The molecule has 0 spiro atoms. The second kappa shape index (κ2) is 6.35. The zero-order valence-corrected chi connectivity index (χ0v) is 11.5. The van der Waals surface area contributed by atoms with Crippen molar-refractivity contribution in [1.29, 1.82) is 5.26 Å². The minimum absolute atomic E-state index is 0.112. The van der Waals surface area contributed by atoms with Gasteiger partial charge < -0.3 is 10.2 Å². The van der Waals surface area contributed by atoms with E-state index in [-0.39, 0.29) is 11.3 Å². The number of nitrogens with one attached hydrogen (secondary N) is 1. The number of nitrogens with zero attached hydrogens (tertiary/aromatic N) is 3. The van der Waals surface area contributed by atoms with Gasteiger partial charge in [-0.15, -0.1) is 0 Å². The molecule has 1 aromatic rings. The third-order valence-electron chi connectivity index (χ3n) is 3.70. The molecule has 20 heavy (non-hydrogen) atoms. The highest BCUT2D eigenvalue weighted by Crippen LogP contribution is 2.29. The molecule has 0 bridgehead atoms. The lowest BCUT2D eigenvalue weighted by Crippen LogP contribution is -2.45. The SMILES string of the molecule is CNCC1CCCCN1c1ccc(C#N)c([N+](=O)[O-])c1. The molecule has 2 rings (SSSR count). The predicted octanol–water partition coefficient (Wildman–Crippen LogP) is 2.04. The number of anilines is 1. The summed E-state index contributed by atoms with van der Waals surface area (Å²) in [7, 11) is 1.91. The van der Waals surface area contributed by atoms with Gasteiger partial charge in [0.2, 0.25) is 0 Å². The van der Waals surface area contributed by atoms with Crippen LogP contribution < -0.4 is 10.2 Å². The van der Waals surface area contributed by atoms with E-state index in [0.717, 1.165) is 31.6 Å². The average molecular weight is 274 g/mol. The Kier molecular flexibility index (Phi) is 4.53. The van der Waals surface area contributed by atoms with Crippen LogP contribution in [0.15, 0.2) is 18.2 Å². The van der Waals surface area contributed by atoms with Crippen molar-refractivity contribution >= 4 is 11.4 Å². The summed E-state index contributed by atoms with van der Waals surface area (Å²) in [6.07, 6.45) is 3.35. The van der Waals surface area contributed by atoms with E-state index in [4.69, 9.17) is 5.26 Å². The summed E-state index contributed by atoms with van der Waals surface area (Å²) < 4.78 is 0. The Labute approximate surface area is 118 Å². The number of nitriles is 1. The molecule has 106 valence electrons. The molecule has 1 aliphatic heterocycles. The van der Waals surface area contributed by atoms with E-state index in [0.29, 0.717) is 6.04 Å². The molecule has 1 saturated heterocycles. The van der Waals surface area contributed by atoms with E-state index in [1.165, 1.54) is 12.5 Å². The second-order valence-electron chi connectivity index (χ2n) is 4.97. The molecule has 0 amide bonds. The van der Waals surface area contributed by atoms with Crippen LogP contribution in [-0.4, -0.2) is 31.1 Å². The van der Waals surface area contributed by atoms with E-state index >= 15 is 0 Å². The fourth-order valence-electron chi connectivity index (χ4n) is 2.73. The van der Waals surface area contributed by atoms with Crippen molar-refractivity contribution in [2.24, 2.45) is 0 Å². The van der Waals surface area contributed by atoms with E-state index in [1.54, 1.807) is 12.1 Å². The number of likely N-dealkylation sites (N-methyl/N-ethyl adjacent to an activating group) is 1. The molecule has 1 heterocycles. The number of nitro groups is 1. The van der Waals surface area contributed by atoms with Crippen molar-refractivity contribution in [2.45, 2.75) is 25.3 Å². The Morgan fingerprint density at radius 2 is 2.35 bits per heavy atom. The summed E-state index contributed by atoms with van der Waals surface area (Å²) in [5.74, 6) is 0. The smallest absolute Gasteiger partial charge is 0.289 e. The fraction of sp³-hybridized carbons (Fsp3) is 0.500. The Bertz CT molecular complexity index is 536. The third kappa shape index (κ3) is 2.89. The normalized spacial score (nSPS) is 18.6. The van der Waals surface area contributed by atoms with E-state index in [1.807, 2.05) is 13.1 Å². The molecule has 1 fully saturated rings. The fourth-order valence-corrected chi connectivity index (χ4v) is 2.73. The van der Waals surface area contributed by atoms with Crippen LogP contribution in [0.4, 0.5) is 11.4 Å². The maximum absolute atomic E-state index is 11.0. The Balaban J connectivity index is 2.33. The molecule has 0 saturated carbocycles. The Morgan fingerprint density at radius 3 is 3.00 bits per heavy atom. The van der Waals surface area contributed by atoms with Gasteiger partial charge in [-0.3, -0.25) is 10.1 Å². The number of piperidine rings is 1. The first-order chi connectivity index (χ1) is 9.67. The van der Waals surface area contributed by atoms with Gasteiger partial charge >= 0.3 is 0 Å². The van der Waals surface area contributed by atoms with Crippen LogP contribution in [-0.2, 0) is 0 Å². The average Bonchev–Trinajstić information content (AvgIpc) is 2.47. The molecule has 1 unspecified atom stereocenters. The monoisotopic (exact) mass is 274 g/mol. The topological polar surface area (TPSA) is 82.2 Å². The standard InChI is InChI=1S/C14H18N4O2/c1-16-10-13-4-2-3-7-17(13)12-6-5-11(9-15)14(8-12)18(19)20/h5-6,8,13,16H,2-4,7,10H2,1H3. The summed E-state index contributed by atoms with van der Waals surface area (Å²) in [5, 5.41) is 23.1. The van der Waals surface area contributed by atoms with Gasteiger partial charge in [0, 0.05) is 30.9 Å². The van der Waals surface area contributed by atoms with Crippen LogP contribution >= 0.6 is 0 Å². The Morgan fingerprint density at radius 1 is 1.55 bits per heavy atom. The molecule has 0 radical (unpaired) electrons. The van der Waals surface area contributed by atoms with Gasteiger partial charge in [0.05, 0.1) is 4.92 Å². The van der Waals surface area contributed by atoms with Crippen LogP contribution in [0.3, 0.4) is 0 Å². The van der Waals surface area contributed by atoms with Crippen LogP contribution in [0.2, 0.25) is 0 Å². The van der Waals surface area contributed by atoms with Crippen molar-refractivity contribution in [2.75, 3.05) is 25.0 Å². The number of hydrogen-bond acceptors (Lipinski definition) is 5. The lowest BCUT2D eigenvalue weighted by atomic mass is 10.0. The molecule has 1 N–H and O–H groups in total. The lowest BCUT2D eigenvalue weighted by Gasteiger charge is -2.37. The van der Waals surface area contributed by atoms with E-state index in [2.05, 4.69) is 10.2 Å². The summed E-state index contributed by atoms with van der Waals surface area (Å²) >= 11 is 0.